The Morgan fingerprint density at radius 3 is 1.92 bits per heavy atom. The van der Waals surface area contributed by atoms with Crippen LogP contribution in [0.25, 0.3) is 65.5 Å². The Balaban J connectivity index is 1.72. The van der Waals surface area contributed by atoms with Crippen LogP contribution in [-0.2, 0) is 0 Å². The van der Waals surface area contributed by atoms with E-state index in [1.807, 2.05) is 0 Å². The zero-order chi connectivity index (χ0) is 24.2. The van der Waals surface area contributed by atoms with E-state index in [0.717, 1.165) is 5.52 Å². The Morgan fingerprint density at radius 1 is 0.472 bits per heavy atom. The summed E-state index contributed by atoms with van der Waals surface area (Å²) in [6.45, 7) is 4.37. The van der Waals surface area contributed by atoms with Gasteiger partial charge in [0.2, 0.25) is 0 Å². The van der Waals surface area contributed by atoms with Crippen molar-refractivity contribution in [1.82, 2.24) is 4.98 Å². The third-order valence-electron chi connectivity index (χ3n) is 7.59. The number of para-hydroxylation sites is 1. The van der Waals surface area contributed by atoms with Crippen LogP contribution in [0, 0.1) is 13.8 Å². The number of fused-ring (bicyclic) bond motifs is 5. The molecule has 1 heterocycles. The van der Waals surface area contributed by atoms with E-state index in [2.05, 4.69) is 129 Å². The summed E-state index contributed by atoms with van der Waals surface area (Å²) in [5.41, 5.74) is 8.64. The van der Waals surface area contributed by atoms with Gasteiger partial charge in [-0.25, -0.2) is 0 Å². The minimum Gasteiger partial charge on any atom is -0.256 e. The molecule has 0 bridgehead atoms. The molecule has 0 spiro atoms. The second-order valence-electron chi connectivity index (χ2n) is 9.72. The third kappa shape index (κ3) is 3.13. The molecule has 36 heavy (non-hydrogen) atoms. The summed E-state index contributed by atoms with van der Waals surface area (Å²) in [5, 5.41) is 8.69. The molecule has 0 fully saturated rings. The highest BCUT2D eigenvalue weighted by Crippen LogP contribution is 2.46. The van der Waals surface area contributed by atoms with E-state index in [1.165, 1.54) is 71.1 Å². The quantitative estimate of drug-likeness (QED) is 0.185. The Hall–Kier alpha value is -4.49. The fourth-order valence-electron chi connectivity index (χ4n) is 5.65. The summed E-state index contributed by atoms with van der Waals surface area (Å²) in [6.07, 6.45) is 2.08. The lowest BCUT2D eigenvalue weighted by Crippen LogP contribution is -1.94. The van der Waals surface area contributed by atoms with Crippen molar-refractivity contribution in [1.29, 1.82) is 0 Å². The highest BCUT2D eigenvalue weighted by molar-refractivity contribution is 6.27. The van der Waals surface area contributed by atoms with Crippen LogP contribution in [-0.4, -0.2) is 4.98 Å². The van der Waals surface area contributed by atoms with Crippen molar-refractivity contribution in [2.75, 3.05) is 0 Å². The van der Waals surface area contributed by atoms with Gasteiger partial charge in [-0.05, 0) is 80.9 Å². The zero-order valence-corrected chi connectivity index (χ0v) is 20.4. The number of nitrogens with zero attached hydrogens (tertiary/aromatic N) is 1. The molecule has 0 aliphatic rings. The van der Waals surface area contributed by atoms with E-state index in [1.54, 1.807) is 0 Å². The lowest BCUT2D eigenvalue weighted by atomic mass is 9.84. The first-order valence-corrected chi connectivity index (χ1v) is 12.5. The lowest BCUT2D eigenvalue weighted by molar-refractivity contribution is 1.34. The summed E-state index contributed by atoms with van der Waals surface area (Å²) < 4.78 is 0. The van der Waals surface area contributed by atoms with Gasteiger partial charge in [0.25, 0.3) is 0 Å². The van der Waals surface area contributed by atoms with Crippen LogP contribution < -0.4 is 0 Å². The maximum absolute atomic E-state index is 4.93. The Bertz CT molecular complexity index is 1960. The Labute approximate surface area is 210 Å². The largest absolute Gasteiger partial charge is 0.256 e. The molecule has 0 aliphatic heterocycles. The smallest absolute Gasteiger partial charge is 0.0708 e. The number of hydrogen-bond donors (Lipinski definition) is 0. The number of aromatic nitrogens is 1. The van der Waals surface area contributed by atoms with Crippen molar-refractivity contribution in [3.63, 3.8) is 0 Å². The molecule has 0 N–H and O–H groups in total. The molecular formula is C35H25N. The van der Waals surface area contributed by atoms with Crippen molar-refractivity contribution in [3.8, 4) is 22.3 Å². The molecule has 0 saturated carbocycles. The van der Waals surface area contributed by atoms with Crippen molar-refractivity contribution in [2.45, 2.75) is 13.8 Å². The van der Waals surface area contributed by atoms with Gasteiger partial charge < -0.3 is 0 Å². The predicted molar refractivity (Wildman–Crippen MR) is 155 cm³/mol. The topological polar surface area (TPSA) is 12.9 Å². The van der Waals surface area contributed by atoms with Crippen LogP contribution in [0.5, 0.6) is 0 Å². The number of aryl methyl sites for hydroxylation is 2. The van der Waals surface area contributed by atoms with Gasteiger partial charge in [0.1, 0.15) is 0 Å². The van der Waals surface area contributed by atoms with Gasteiger partial charge in [0, 0.05) is 22.4 Å². The summed E-state index contributed by atoms with van der Waals surface area (Å²) in [6, 6.07) is 39.6. The highest BCUT2D eigenvalue weighted by Gasteiger charge is 2.19. The second kappa shape index (κ2) is 8.03. The number of rotatable bonds is 2. The molecule has 0 atom stereocenters. The predicted octanol–water partition coefficient (Wildman–Crippen LogP) is 9.65. The molecule has 1 heteroatoms. The van der Waals surface area contributed by atoms with E-state index in [9.17, 15) is 0 Å². The van der Waals surface area contributed by atoms with Crippen LogP contribution in [0.2, 0.25) is 0 Å². The van der Waals surface area contributed by atoms with Crippen LogP contribution >= 0.6 is 0 Å². The average molecular weight is 460 g/mol. The lowest BCUT2D eigenvalue weighted by Gasteiger charge is -2.19. The van der Waals surface area contributed by atoms with Crippen molar-refractivity contribution in [3.05, 3.63) is 127 Å². The highest BCUT2D eigenvalue weighted by atomic mass is 14.6. The zero-order valence-electron chi connectivity index (χ0n) is 20.4. The monoisotopic (exact) mass is 459 g/mol. The number of pyridine rings is 1. The summed E-state index contributed by atoms with van der Waals surface area (Å²) in [5.74, 6) is 0. The third-order valence-corrected chi connectivity index (χ3v) is 7.59. The normalized spacial score (nSPS) is 11.6. The first kappa shape index (κ1) is 20.8. The van der Waals surface area contributed by atoms with Crippen LogP contribution in [0.4, 0.5) is 0 Å². The fourth-order valence-corrected chi connectivity index (χ4v) is 5.65. The molecule has 170 valence electrons. The number of benzene rings is 6. The van der Waals surface area contributed by atoms with Crippen LogP contribution in [0.1, 0.15) is 11.1 Å². The molecule has 1 aromatic heterocycles. The van der Waals surface area contributed by atoms with E-state index < -0.39 is 0 Å². The summed E-state index contributed by atoms with van der Waals surface area (Å²) in [7, 11) is 0. The Morgan fingerprint density at radius 2 is 1.11 bits per heavy atom. The summed E-state index contributed by atoms with van der Waals surface area (Å²) in [4.78, 5) is 4.93. The minimum atomic E-state index is 1.02. The minimum absolute atomic E-state index is 1.02. The standard InChI is InChI=1S/C35H25N/c1-22-15-16-26(19-23(22)2)33-28-11-5-6-12-29(28)34(27-18-17-24-9-3-4-10-25(24)20-27)35-30-13-7-8-14-32(30)36-21-31(33)35/h3-21H,1-2H3. The second-order valence-corrected chi connectivity index (χ2v) is 9.72. The SMILES string of the molecule is Cc1ccc(-c2c3ccccc3c(-c3ccc4ccccc4c3)c3c2cnc2ccccc23)cc1C. The van der Waals surface area contributed by atoms with E-state index >= 15 is 0 Å². The van der Waals surface area contributed by atoms with Gasteiger partial charge in [0.15, 0.2) is 0 Å². The molecule has 0 amide bonds. The van der Waals surface area contributed by atoms with Gasteiger partial charge in [-0.1, -0.05) is 97.1 Å². The van der Waals surface area contributed by atoms with Crippen molar-refractivity contribution >= 4 is 43.2 Å². The molecule has 7 rings (SSSR count). The fraction of sp³-hybridized carbons (Fsp3) is 0.0571. The van der Waals surface area contributed by atoms with Gasteiger partial charge in [-0.15, -0.1) is 0 Å². The Kier molecular flexibility index (Phi) is 4.65. The summed E-state index contributed by atoms with van der Waals surface area (Å²) >= 11 is 0. The number of hydrogen-bond acceptors (Lipinski definition) is 1. The molecule has 0 unspecified atom stereocenters. The van der Waals surface area contributed by atoms with Crippen molar-refractivity contribution in [2.24, 2.45) is 0 Å². The van der Waals surface area contributed by atoms with Crippen molar-refractivity contribution < 1.29 is 0 Å². The van der Waals surface area contributed by atoms with E-state index in [4.69, 9.17) is 4.98 Å². The van der Waals surface area contributed by atoms with Gasteiger partial charge >= 0.3 is 0 Å². The first-order chi connectivity index (χ1) is 17.7. The van der Waals surface area contributed by atoms with Crippen LogP contribution in [0.15, 0.2) is 115 Å². The van der Waals surface area contributed by atoms with Gasteiger partial charge in [-0.3, -0.25) is 4.98 Å². The molecule has 0 radical (unpaired) electrons. The van der Waals surface area contributed by atoms with Gasteiger partial charge in [-0.2, -0.15) is 0 Å². The maximum Gasteiger partial charge on any atom is 0.0708 e. The molecule has 7 aromatic rings. The van der Waals surface area contributed by atoms with Gasteiger partial charge in [0.05, 0.1) is 5.52 Å². The van der Waals surface area contributed by atoms with E-state index in [0.29, 0.717) is 0 Å². The molecule has 6 aromatic carbocycles. The first-order valence-electron chi connectivity index (χ1n) is 12.5. The molecule has 0 aliphatic carbocycles. The van der Waals surface area contributed by atoms with Crippen LogP contribution in [0.3, 0.4) is 0 Å². The maximum atomic E-state index is 4.93. The molecular weight excluding hydrogens is 434 g/mol. The van der Waals surface area contributed by atoms with E-state index in [-0.39, 0.29) is 0 Å². The molecule has 0 saturated heterocycles. The molecule has 1 nitrogen and oxygen atoms in total. The average Bonchev–Trinajstić information content (AvgIpc) is 2.93.